The molecule has 0 fully saturated rings. The molecule has 0 amide bonds. The smallest absolute Gasteiger partial charge is 0.147 e. The van der Waals surface area contributed by atoms with E-state index >= 15 is 0 Å². The van der Waals surface area contributed by atoms with Gasteiger partial charge in [-0.05, 0) is 189 Å². The van der Waals surface area contributed by atoms with Gasteiger partial charge in [0.1, 0.15) is 55.8 Å². The summed E-state index contributed by atoms with van der Waals surface area (Å²) in [5, 5.41) is 15.4. The quantitative estimate of drug-likeness (QED) is 0.135. The van der Waals surface area contributed by atoms with E-state index in [1.165, 1.54) is 58.8 Å². The lowest BCUT2D eigenvalue weighted by Crippen LogP contribution is -2.10. The van der Waals surface area contributed by atoms with E-state index in [1.54, 1.807) is 0 Å². The Morgan fingerprint density at radius 3 is 1.10 bits per heavy atom. The third kappa shape index (κ3) is 9.96. The van der Waals surface area contributed by atoms with Crippen LogP contribution in [-0.4, -0.2) is 0 Å². The van der Waals surface area contributed by atoms with Crippen molar-refractivity contribution in [2.75, 3.05) is 9.80 Å². The summed E-state index contributed by atoms with van der Waals surface area (Å²) in [4.78, 5) is 4.75. The highest BCUT2D eigenvalue weighted by molar-refractivity contribution is 7.26. The molecule has 17 aromatic carbocycles. The zero-order valence-electron chi connectivity index (χ0n) is 58.0. The highest BCUT2D eigenvalue weighted by Gasteiger charge is 2.28. The highest BCUT2D eigenvalue weighted by atomic mass is 32.1. The summed E-state index contributed by atoms with van der Waals surface area (Å²) < 4.78 is 35.4. The summed E-state index contributed by atoms with van der Waals surface area (Å²) in [7, 11) is 0. The van der Waals surface area contributed by atoms with Crippen molar-refractivity contribution < 1.29 is 22.1 Å². The number of benzene rings is 17. The van der Waals surface area contributed by atoms with Gasteiger partial charge in [-0.15, -0.1) is 11.3 Å². The molecule has 108 heavy (non-hydrogen) atoms. The van der Waals surface area contributed by atoms with Crippen molar-refractivity contribution in [3.8, 4) is 44.5 Å². The molecule has 8 heteroatoms. The first-order chi connectivity index (χ1) is 53.5. The molecule has 0 saturated heterocycles. The molecule has 0 N–H and O–H groups in total. The summed E-state index contributed by atoms with van der Waals surface area (Å²) in [6.07, 6.45) is 0. The molecule has 0 radical (unpaired) electrons. The molecule has 0 spiro atoms. The van der Waals surface area contributed by atoms with Gasteiger partial charge < -0.3 is 31.9 Å². The van der Waals surface area contributed by atoms with Gasteiger partial charge in [-0.3, -0.25) is 0 Å². The van der Waals surface area contributed by atoms with Crippen LogP contribution < -0.4 is 9.80 Å². The first kappa shape index (κ1) is 61.3. The molecule has 6 heterocycles. The van der Waals surface area contributed by atoms with Crippen LogP contribution in [0.2, 0.25) is 0 Å². The molecule has 7 nitrogen and oxygen atoms in total. The number of anilines is 6. The van der Waals surface area contributed by atoms with Gasteiger partial charge in [0.15, 0.2) is 0 Å². The Hall–Kier alpha value is -14.2. The lowest BCUT2D eigenvalue weighted by atomic mass is 9.97. The zero-order chi connectivity index (χ0) is 70.9. The molecule has 0 aliphatic rings. The Balaban J connectivity index is 0.000000134. The first-order valence-corrected chi connectivity index (χ1v) is 37.2. The molecule has 6 aromatic heterocycles. The van der Waals surface area contributed by atoms with Crippen molar-refractivity contribution in [3.05, 3.63) is 364 Å². The van der Waals surface area contributed by atoms with E-state index in [-0.39, 0.29) is 0 Å². The van der Waals surface area contributed by atoms with Crippen LogP contribution in [-0.2, 0) is 0 Å². The largest absolute Gasteiger partial charge is 0.456 e. The van der Waals surface area contributed by atoms with Crippen LogP contribution in [0, 0.1) is 0 Å². The van der Waals surface area contributed by atoms with Gasteiger partial charge in [0.25, 0.3) is 0 Å². The fourth-order valence-corrected chi connectivity index (χ4v) is 17.7. The molecule has 0 aliphatic carbocycles. The minimum absolute atomic E-state index is 0.787. The molecular formula is C100H60N2O5S. The van der Waals surface area contributed by atoms with Crippen LogP contribution in [0.15, 0.2) is 386 Å². The van der Waals surface area contributed by atoms with Crippen molar-refractivity contribution in [1.82, 2.24) is 0 Å². The van der Waals surface area contributed by atoms with E-state index in [4.69, 9.17) is 22.1 Å². The molecule has 23 rings (SSSR count). The predicted molar refractivity (Wildman–Crippen MR) is 451 cm³/mol. The maximum absolute atomic E-state index is 6.64. The van der Waals surface area contributed by atoms with Crippen molar-refractivity contribution in [2.24, 2.45) is 0 Å². The summed E-state index contributed by atoms with van der Waals surface area (Å²) in [5.74, 6) is 0. The van der Waals surface area contributed by atoms with Gasteiger partial charge in [0.05, 0.1) is 54.4 Å². The second-order valence-electron chi connectivity index (χ2n) is 27.7. The lowest BCUT2D eigenvalue weighted by Gasteiger charge is -2.27. The first-order valence-electron chi connectivity index (χ1n) is 36.4. The van der Waals surface area contributed by atoms with Crippen LogP contribution >= 0.6 is 11.3 Å². The van der Waals surface area contributed by atoms with Crippen LogP contribution in [0.4, 0.5) is 34.1 Å². The van der Waals surface area contributed by atoms with Crippen LogP contribution in [0.1, 0.15) is 0 Å². The van der Waals surface area contributed by atoms with Crippen LogP contribution in [0.25, 0.3) is 185 Å². The number of hydrogen-bond acceptors (Lipinski definition) is 8. The van der Waals surface area contributed by atoms with E-state index in [9.17, 15) is 0 Å². The van der Waals surface area contributed by atoms with Gasteiger partial charge in [0, 0.05) is 53.8 Å². The molecule has 23 aromatic rings. The molecule has 506 valence electrons. The highest BCUT2D eigenvalue weighted by Crippen LogP contribution is 2.53. The topological polar surface area (TPSA) is 72.2 Å². The Labute approximate surface area is 622 Å². The summed E-state index contributed by atoms with van der Waals surface area (Å²) in [6, 6.07) is 129. The maximum atomic E-state index is 6.64. The van der Waals surface area contributed by atoms with Gasteiger partial charge in [-0.2, -0.15) is 0 Å². The monoisotopic (exact) mass is 1400 g/mol. The fourth-order valence-electron chi connectivity index (χ4n) is 16.5. The van der Waals surface area contributed by atoms with E-state index in [1.807, 2.05) is 59.9 Å². The predicted octanol–water partition coefficient (Wildman–Crippen LogP) is 30.0. The second kappa shape index (κ2) is 24.7. The van der Waals surface area contributed by atoms with Crippen molar-refractivity contribution >= 4 is 186 Å². The van der Waals surface area contributed by atoms with E-state index in [2.05, 4.69) is 325 Å². The Morgan fingerprint density at radius 2 is 0.556 bits per heavy atom. The number of para-hydroxylation sites is 3. The summed E-state index contributed by atoms with van der Waals surface area (Å²) >= 11 is 1.84. The van der Waals surface area contributed by atoms with Gasteiger partial charge in [-0.1, -0.05) is 231 Å². The molecule has 0 unspecified atom stereocenters. The van der Waals surface area contributed by atoms with Crippen LogP contribution in [0.5, 0.6) is 0 Å². The standard InChI is InChI=1S/C52H31NO2S.C48H29NO3/c1-2-10-32(11-3-1)35-22-20-34-21-23-36(31-37(34)30-35)33-24-26-38(27-25-33)53(44-16-8-14-42-40-13-5-7-19-48(40)56-52(42)44)43-15-9-18-46-49(43)50-47(54-46)29-28-41-39-12-4-6-17-45(39)55-51(41)50;1-2-11-30(12-3-1)32-13-8-14-33(29-32)31-23-25-34(26-24-31)49(38-17-9-21-42-45(38)37-16-5-7-20-41(37)50-42)39-18-10-22-43-46(39)47-44(51-43)28-27-36-35-15-4-6-19-40(35)52-48(36)47/h1-31H;1-29H. The number of hydrogen-bond donors (Lipinski definition) is 0. The average Bonchev–Trinajstić information content (AvgIpc) is 1.54. The maximum Gasteiger partial charge on any atom is 0.147 e. The second-order valence-corrected chi connectivity index (χ2v) is 28.7. The minimum Gasteiger partial charge on any atom is -0.456 e. The molecule has 0 saturated carbocycles. The van der Waals surface area contributed by atoms with Gasteiger partial charge >= 0.3 is 0 Å². The Kier molecular flexibility index (Phi) is 14.0. The molecule has 0 aliphatic heterocycles. The van der Waals surface area contributed by atoms with Crippen molar-refractivity contribution in [3.63, 3.8) is 0 Å². The Bertz CT molecular complexity index is 7510. The van der Waals surface area contributed by atoms with E-state index < -0.39 is 0 Å². The third-order valence-electron chi connectivity index (χ3n) is 21.5. The van der Waals surface area contributed by atoms with E-state index in [0.29, 0.717) is 0 Å². The Morgan fingerprint density at radius 1 is 0.194 bits per heavy atom. The van der Waals surface area contributed by atoms with Crippen LogP contribution in [0.3, 0.4) is 0 Å². The van der Waals surface area contributed by atoms with Crippen molar-refractivity contribution in [2.45, 2.75) is 0 Å². The normalized spacial score (nSPS) is 11.9. The molecular weight excluding hydrogens is 1340 g/mol. The minimum atomic E-state index is 0.787. The van der Waals surface area contributed by atoms with Gasteiger partial charge in [0.2, 0.25) is 0 Å². The third-order valence-corrected chi connectivity index (χ3v) is 22.7. The molecule has 0 bridgehead atoms. The van der Waals surface area contributed by atoms with E-state index in [0.717, 1.165) is 161 Å². The molecule has 0 atom stereocenters. The number of nitrogens with zero attached hydrogens (tertiary/aromatic N) is 2. The fraction of sp³-hybridized carbons (Fsp3) is 0. The lowest BCUT2D eigenvalue weighted by molar-refractivity contribution is 0.662. The van der Waals surface area contributed by atoms with Crippen molar-refractivity contribution in [1.29, 1.82) is 0 Å². The summed E-state index contributed by atoms with van der Waals surface area (Å²) in [5.41, 5.74) is 24.0. The number of thiophene rings is 1. The summed E-state index contributed by atoms with van der Waals surface area (Å²) in [6.45, 7) is 0. The number of fused-ring (bicyclic) bond motifs is 21. The number of furan rings is 5. The SMILES string of the molecule is c1ccc(-c2ccc3ccc(-c4ccc(N(c5cccc6c5sc5ccccc56)c5cccc6oc7ccc8c9ccccc9oc8c7c56)cc4)cc3c2)cc1.c1ccc(-c2cccc(-c3ccc(N(c4cccc5oc6ccccc6c45)c4cccc5oc6ccc7c8ccccc8oc7c6c45)cc3)c2)cc1. The number of rotatable bonds is 10. The average molecular weight is 1400 g/mol. The zero-order valence-corrected chi connectivity index (χ0v) is 58.8. The van der Waals surface area contributed by atoms with Gasteiger partial charge in [-0.25, -0.2) is 0 Å².